The lowest BCUT2D eigenvalue weighted by molar-refractivity contribution is 0.411. The first-order chi connectivity index (χ1) is 13.6. The van der Waals surface area contributed by atoms with Crippen LogP contribution in [-0.4, -0.2) is 38.9 Å². The van der Waals surface area contributed by atoms with E-state index in [2.05, 4.69) is 30.7 Å². The molecule has 0 amide bonds. The molecule has 1 aromatic carbocycles. The second-order valence-corrected chi connectivity index (χ2v) is 6.37. The number of anilines is 3. The first-order valence-electron chi connectivity index (χ1n) is 8.87. The molecule has 4 aromatic rings. The molecule has 0 fully saturated rings. The minimum Gasteiger partial charge on any atom is -0.494 e. The number of hydrogen-bond donors (Lipinski definition) is 2. The van der Waals surface area contributed by atoms with Gasteiger partial charge in [-0.3, -0.25) is 4.98 Å². The maximum absolute atomic E-state index is 5.57. The average molecular weight is 375 g/mol. The molecule has 0 radical (unpaired) electrons. The highest BCUT2D eigenvalue weighted by molar-refractivity contribution is 5.81. The van der Waals surface area contributed by atoms with Gasteiger partial charge in [-0.25, -0.2) is 9.67 Å². The van der Waals surface area contributed by atoms with E-state index in [-0.39, 0.29) is 0 Å². The zero-order valence-electron chi connectivity index (χ0n) is 16.2. The molecule has 2 N–H and O–H groups in total. The maximum Gasteiger partial charge on any atom is 0.229 e. The quantitative estimate of drug-likeness (QED) is 0.550. The fourth-order valence-corrected chi connectivity index (χ4v) is 3.12. The maximum atomic E-state index is 5.57. The summed E-state index contributed by atoms with van der Waals surface area (Å²) in [6.45, 7) is 3.96. The molecule has 0 saturated heterocycles. The molecule has 4 rings (SSSR count). The standard InChI is InChI=1S/C20H21N7O/c1-12-9-19(21-3)25-20(23-12)24-14-5-6-18(28-4)17(10-14)27-13(2)15-7-8-22-11-16(15)26-27/h5-11H,1-4H3,(H2,21,23,24,25). The molecule has 0 aliphatic carbocycles. The first-order valence-corrected chi connectivity index (χ1v) is 8.87. The summed E-state index contributed by atoms with van der Waals surface area (Å²) in [5, 5.41) is 12.0. The summed E-state index contributed by atoms with van der Waals surface area (Å²) in [5.74, 6) is 1.99. The average Bonchev–Trinajstić information content (AvgIpc) is 3.04. The number of nitrogens with one attached hydrogen (secondary N) is 2. The Morgan fingerprint density at radius 1 is 1.07 bits per heavy atom. The number of hydrogen-bond acceptors (Lipinski definition) is 7. The second-order valence-electron chi connectivity index (χ2n) is 6.37. The highest BCUT2D eigenvalue weighted by Gasteiger charge is 2.14. The van der Waals surface area contributed by atoms with E-state index in [9.17, 15) is 0 Å². The highest BCUT2D eigenvalue weighted by Crippen LogP contribution is 2.30. The van der Waals surface area contributed by atoms with Crippen molar-refractivity contribution < 1.29 is 4.74 Å². The number of methoxy groups -OCH3 is 1. The van der Waals surface area contributed by atoms with Gasteiger partial charge in [0.1, 0.15) is 22.8 Å². The van der Waals surface area contributed by atoms with Crippen molar-refractivity contribution in [2.45, 2.75) is 13.8 Å². The smallest absolute Gasteiger partial charge is 0.229 e. The van der Waals surface area contributed by atoms with Crippen LogP contribution in [0.5, 0.6) is 5.75 Å². The zero-order valence-corrected chi connectivity index (χ0v) is 16.2. The molecule has 0 spiro atoms. The Labute approximate surface area is 162 Å². The van der Waals surface area contributed by atoms with Crippen molar-refractivity contribution in [1.29, 1.82) is 0 Å². The number of ether oxygens (including phenoxy) is 1. The largest absolute Gasteiger partial charge is 0.494 e. The van der Waals surface area contributed by atoms with Crippen LogP contribution in [0.3, 0.4) is 0 Å². The number of aromatic nitrogens is 5. The van der Waals surface area contributed by atoms with Crippen molar-refractivity contribution in [2.24, 2.45) is 0 Å². The molecule has 3 heterocycles. The van der Waals surface area contributed by atoms with E-state index in [0.717, 1.165) is 45.2 Å². The van der Waals surface area contributed by atoms with Crippen molar-refractivity contribution >= 4 is 28.4 Å². The lowest BCUT2D eigenvalue weighted by Gasteiger charge is -2.13. The van der Waals surface area contributed by atoms with Gasteiger partial charge in [-0.15, -0.1) is 0 Å². The fourth-order valence-electron chi connectivity index (χ4n) is 3.12. The third kappa shape index (κ3) is 3.20. The molecule has 0 atom stereocenters. The molecule has 142 valence electrons. The molecular formula is C20H21N7O. The normalized spacial score (nSPS) is 10.9. The summed E-state index contributed by atoms with van der Waals surface area (Å²) in [6, 6.07) is 9.64. The van der Waals surface area contributed by atoms with Gasteiger partial charge in [-0.1, -0.05) is 0 Å². The summed E-state index contributed by atoms with van der Waals surface area (Å²) in [4.78, 5) is 13.1. The minimum atomic E-state index is 0.520. The predicted octanol–water partition coefficient (Wildman–Crippen LogP) is 3.62. The monoisotopic (exact) mass is 375 g/mol. The van der Waals surface area contributed by atoms with Crippen LogP contribution >= 0.6 is 0 Å². The summed E-state index contributed by atoms with van der Waals surface area (Å²) in [6.07, 6.45) is 3.53. The SMILES string of the molecule is CNc1cc(C)nc(Nc2ccc(OC)c(-n3nc4cnccc4c3C)c2)n1. The number of aryl methyl sites for hydroxylation is 2. The molecule has 0 aliphatic rings. The summed E-state index contributed by atoms with van der Waals surface area (Å²) < 4.78 is 7.43. The van der Waals surface area contributed by atoms with Crippen LogP contribution in [0.2, 0.25) is 0 Å². The van der Waals surface area contributed by atoms with Crippen LogP contribution in [0.4, 0.5) is 17.5 Å². The number of benzene rings is 1. The van der Waals surface area contributed by atoms with Crippen LogP contribution in [0.15, 0.2) is 42.7 Å². The lowest BCUT2D eigenvalue weighted by Crippen LogP contribution is -2.05. The van der Waals surface area contributed by atoms with Crippen molar-refractivity contribution in [3.8, 4) is 11.4 Å². The first kappa shape index (κ1) is 17.7. The van der Waals surface area contributed by atoms with Crippen molar-refractivity contribution in [1.82, 2.24) is 24.7 Å². The Kier molecular flexibility index (Phi) is 4.52. The summed E-state index contributed by atoms with van der Waals surface area (Å²) >= 11 is 0. The van der Waals surface area contributed by atoms with Gasteiger partial charge in [0, 0.05) is 41.8 Å². The van der Waals surface area contributed by atoms with Crippen molar-refractivity contribution in [3.05, 3.63) is 54.1 Å². The van der Waals surface area contributed by atoms with E-state index >= 15 is 0 Å². The van der Waals surface area contributed by atoms with Crippen LogP contribution in [0.1, 0.15) is 11.4 Å². The van der Waals surface area contributed by atoms with Crippen molar-refractivity contribution in [2.75, 3.05) is 24.8 Å². The van der Waals surface area contributed by atoms with Crippen LogP contribution < -0.4 is 15.4 Å². The Hall–Kier alpha value is -3.68. The number of nitrogens with zero attached hydrogens (tertiary/aromatic N) is 5. The third-order valence-corrected chi connectivity index (χ3v) is 4.49. The Bertz CT molecular complexity index is 1150. The highest BCUT2D eigenvalue weighted by atomic mass is 16.5. The minimum absolute atomic E-state index is 0.520. The summed E-state index contributed by atoms with van der Waals surface area (Å²) in [5.41, 5.74) is 4.37. The molecule has 8 heteroatoms. The second kappa shape index (κ2) is 7.15. The van der Waals surface area contributed by atoms with E-state index in [1.807, 2.05) is 55.9 Å². The van der Waals surface area contributed by atoms with Crippen LogP contribution in [0, 0.1) is 13.8 Å². The van der Waals surface area contributed by atoms with Crippen LogP contribution in [-0.2, 0) is 0 Å². The van der Waals surface area contributed by atoms with E-state index in [1.54, 1.807) is 19.5 Å². The van der Waals surface area contributed by atoms with E-state index in [0.29, 0.717) is 5.95 Å². The predicted molar refractivity (Wildman–Crippen MR) is 110 cm³/mol. The van der Waals surface area contributed by atoms with Crippen molar-refractivity contribution in [3.63, 3.8) is 0 Å². The molecular weight excluding hydrogens is 354 g/mol. The fraction of sp³-hybridized carbons (Fsp3) is 0.200. The third-order valence-electron chi connectivity index (χ3n) is 4.49. The molecule has 0 saturated carbocycles. The van der Waals surface area contributed by atoms with Gasteiger partial charge < -0.3 is 15.4 Å². The zero-order chi connectivity index (χ0) is 19.7. The van der Waals surface area contributed by atoms with Gasteiger partial charge in [-0.2, -0.15) is 10.1 Å². The Morgan fingerprint density at radius 3 is 2.68 bits per heavy atom. The van der Waals surface area contributed by atoms with Gasteiger partial charge in [0.15, 0.2) is 0 Å². The van der Waals surface area contributed by atoms with Crippen LogP contribution in [0.25, 0.3) is 16.6 Å². The number of rotatable bonds is 5. The van der Waals surface area contributed by atoms with Gasteiger partial charge in [-0.05, 0) is 38.1 Å². The Morgan fingerprint density at radius 2 is 1.93 bits per heavy atom. The van der Waals surface area contributed by atoms with Gasteiger partial charge >= 0.3 is 0 Å². The van der Waals surface area contributed by atoms with E-state index < -0.39 is 0 Å². The molecule has 0 unspecified atom stereocenters. The van der Waals surface area contributed by atoms with E-state index in [4.69, 9.17) is 4.74 Å². The molecule has 0 bridgehead atoms. The van der Waals surface area contributed by atoms with E-state index in [1.165, 1.54) is 0 Å². The van der Waals surface area contributed by atoms with Gasteiger partial charge in [0.05, 0.1) is 13.3 Å². The molecule has 28 heavy (non-hydrogen) atoms. The number of pyridine rings is 1. The summed E-state index contributed by atoms with van der Waals surface area (Å²) in [7, 11) is 3.48. The topological polar surface area (TPSA) is 89.8 Å². The Balaban J connectivity index is 1.78. The number of fused-ring (bicyclic) bond motifs is 1. The molecule has 3 aromatic heterocycles. The lowest BCUT2D eigenvalue weighted by atomic mass is 10.2. The van der Waals surface area contributed by atoms with Gasteiger partial charge in [0.25, 0.3) is 0 Å². The van der Waals surface area contributed by atoms with Gasteiger partial charge in [0.2, 0.25) is 5.95 Å². The molecule has 0 aliphatic heterocycles. The molecule has 8 nitrogen and oxygen atoms in total.